The number of hydrogen-bond donors (Lipinski definition) is 0. The predicted molar refractivity (Wildman–Crippen MR) is 213 cm³/mol. The fraction of sp³-hybridized carbons (Fsp3) is 0. The van der Waals surface area contributed by atoms with Crippen LogP contribution in [0.15, 0.2) is 179 Å². The van der Waals surface area contributed by atoms with Gasteiger partial charge < -0.3 is 8.83 Å². The average molecular weight is 665 g/mol. The van der Waals surface area contributed by atoms with Crippen LogP contribution in [0.25, 0.3) is 88.4 Å². The third-order valence-corrected chi connectivity index (χ3v) is 16.5. The van der Waals surface area contributed by atoms with Crippen LogP contribution in [-0.2, 0) is 0 Å². The van der Waals surface area contributed by atoms with E-state index in [-0.39, 0.29) is 0 Å². The monoisotopic (exact) mass is 664 g/mol. The van der Waals surface area contributed by atoms with Crippen LogP contribution in [0.1, 0.15) is 0 Å². The minimum Gasteiger partial charge on any atom is -0.455 e. The molecule has 2 aliphatic rings. The summed E-state index contributed by atoms with van der Waals surface area (Å²) in [5.74, 6) is 0. The standard InChI is InChI=1S/C48H28O2Si/c1-5-19-41-33(11-1)39-17-9-15-31(47(39)49-41)29-23-25-37-35-13-3-7-21-43(35)51(45(37)27-29)44-22-8-4-14-36(44)38-26-24-30(28-46(38)51)32-16-10-18-40-34-12-2-6-20-42(34)50-48(32)40/h1-28H. The summed E-state index contributed by atoms with van der Waals surface area (Å²) in [6.45, 7) is 0. The molecule has 2 nitrogen and oxygen atoms in total. The predicted octanol–water partition coefficient (Wildman–Crippen LogP) is 10.2. The number of fused-ring (bicyclic) bond motifs is 16. The van der Waals surface area contributed by atoms with Gasteiger partial charge in [-0.3, -0.25) is 0 Å². The summed E-state index contributed by atoms with van der Waals surface area (Å²) in [6.07, 6.45) is 0. The van der Waals surface area contributed by atoms with Crippen molar-refractivity contribution in [2.75, 3.05) is 0 Å². The van der Waals surface area contributed by atoms with E-state index >= 15 is 0 Å². The fourth-order valence-corrected chi connectivity index (χ4v) is 15.1. The molecule has 2 aromatic heterocycles. The highest BCUT2D eigenvalue weighted by Crippen LogP contribution is 2.42. The smallest absolute Gasteiger partial charge is 0.182 e. The molecule has 0 amide bonds. The van der Waals surface area contributed by atoms with Gasteiger partial charge in [0.1, 0.15) is 22.3 Å². The molecule has 0 radical (unpaired) electrons. The van der Waals surface area contributed by atoms with Gasteiger partial charge in [0.2, 0.25) is 0 Å². The molecule has 4 heterocycles. The van der Waals surface area contributed by atoms with E-state index in [4.69, 9.17) is 8.83 Å². The molecule has 0 aliphatic carbocycles. The molecule has 2 aliphatic heterocycles. The Kier molecular flexibility index (Phi) is 5.29. The molecule has 0 unspecified atom stereocenters. The van der Waals surface area contributed by atoms with Crippen LogP contribution in [0.5, 0.6) is 0 Å². The van der Waals surface area contributed by atoms with Crippen molar-refractivity contribution in [2.45, 2.75) is 0 Å². The molecule has 0 fully saturated rings. The third kappa shape index (κ3) is 3.46. The molecule has 0 saturated heterocycles. The number of benzene rings is 8. The quantitative estimate of drug-likeness (QED) is 0.172. The molecule has 0 atom stereocenters. The summed E-state index contributed by atoms with van der Waals surface area (Å²) in [6, 6.07) is 62.5. The van der Waals surface area contributed by atoms with Gasteiger partial charge in [-0.2, -0.15) is 0 Å². The zero-order valence-electron chi connectivity index (χ0n) is 27.5. The van der Waals surface area contributed by atoms with Crippen molar-refractivity contribution < 1.29 is 8.83 Å². The lowest BCUT2D eigenvalue weighted by Gasteiger charge is -2.28. The second-order valence-electron chi connectivity index (χ2n) is 13.9. The van der Waals surface area contributed by atoms with E-state index in [0.717, 1.165) is 55.0 Å². The van der Waals surface area contributed by atoms with E-state index in [9.17, 15) is 0 Å². The number of para-hydroxylation sites is 4. The van der Waals surface area contributed by atoms with Gasteiger partial charge in [0.05, 0.1) is 0 Å². The van der Waals surface area contributed by atoms with Gasteiger partial charge >= 0.3 is 0 Å². The van der Waals surface area contributed by atoms with Crippen LogP contribution in [0.4, 0.5) is 0 Å². The summed E-state index contributed by atoms with van der Waals surface area (Å²) in [7, 11) is -2.74. The van der Waals surface area contributed by atoms with Crippen molar-refractivity contribution in [1.29, 1.82) is 0 Å². The van der Waals surface area contributed by atoms with Gasteiger partial charge in [-0.05, 0) is 66.3 Å². The van der Waals surface area contributed by atoms with Crippen LogP contribution in [0, 0.1) is 0 Å². The summed E-state index contributed by atoms with van der Waals surface area (Å²) in [4.78, 5) is 0. The summed E-state index contributed by atoms with van der Waals surface area (Å²) in [5.41, 5.74) is 13.7. The Morgan fingerprint density at radius 2 is 0.686 bits per heavy atom. The first-order valence-corrected chi connectivity index (χ1v) is 19.6. The Morgan fingerprint density at radius 1 is 0.294 bits per heavy atom. The van der Waals surface area contributed by atoms with Crippen molar-refractivity contribution in [2.24, 2.45) is 0 Å². The van der Waals surface area contributed by atoms with Gasteiger partial charge in [-0.1, -0.05) is 158 Å². The second kappa shape index (κ2) is 9.84. The second-order valence-corrected chi connectivity index (χ2v) is 17.6. The zero-order valence-corrected chi connectivity index (χ0v) is 28.5. The first kappa shape index (κ1) is 27.4. The van der Waals surface area contributed by atoms with E-state index in [2.05, 4.69) is 158 Å². The fourth-order valence-electron chi connectivity index (χ4n) is 9.42. The molecule has 0 saturated carbocycles. The van der Waals surface area contributed by atoms with Gasteiger partial charge in [-0.25, -0.2) is 0 Å². The maximum absolute atomic E-state index is 6.57. The SMILES string of the molecule is c1ccc2c(c1)-c1ccc(-c3cccc4c3oc3ccccc34)cc1[Si]21c2ccccc2-c2ccc(-c3cccc4c3oc3ccccc34)cc21. The molecule has 10 aromatic rings. The maximum Gasteiger partial charge on any atom is 0.182 e. The Bertz CT molecular complexity index is 2890. The van der Waals surface area contributed by atoms with Gasteiger partial charge in [0.15, 0.2) is 8.07 Å². The van der Waals surface area contributed by atoms with Gasteiger partial charge in [-0.15, -0.1) is 0 Å². The third-order valence-electron chi connectivity index (χ3n) is 11.5. The Balaban J connectivity index is 1.15. The van der Waals surface area contributed by atoms with Crippen molar-refractivity contribution in [3.05, 3.63) is 170 Å². The molecule has 12 rings (SSSR count). The zero-order chi connectivity index (χ0) is 33.3. The Hall–Kier alpha value is -6.42. The largest absolute Gasteiger partial charge is 0.455 e. The minimum atomic E-state index is -2.74. The lowest BCUT2D eigenvalue weighted by atomic mass is 9.99. The molecule has 51 heavy (non-hydrogen) atoms. The summed E-state index contributed by atoms with van der Waals surface area (Å²) >= 11 is 0. The maximum atomic E-state index is 6.57. The van der Waals surface area contributed by atoms with E-state index in [1.165, 1.54) is 54.1 Å². The number of furan rings is 2. The average Bonchev–Trinajstić information content (AvgIpc) is 3.92. The molecule has 0 N–H and O–H groups in total. The number of rotatable bonds is 2. The normalized spacial score (nSPS) is 13.6. The highest BCUT2D eigenvalue weighted by Gasteiger charge is 2.54. The van der Waals surface area contributed by atoms with Gasteiger partial charge in [0.25, 0.3) is 0 Å². The molecule has 8 aromatic carbocycles. The van der Waals surface area contributed by atoms with E-state index < -0.39 is 8.07 Å². The van der Waals surface area contributed by atoms with Crippen LogP contribution in [0.2, 0.25) is 0 Å². The Labute approximate surface area is 294 Å². The molecule has 1 spiro atoms. The number of hydrogen-bond acceptors (Lipinski definition) is 2. The lowest BCUT2D eigenvalue weighted by molar-refractivity contribution is 0.669. The summed E-state index contributed by atoms with van der Waals surface area (Å²) in [5, 5.41) is 10.4. The highest BCUT2D eigenvalue weighted by molar-refractivity contribution is 7.24. The summed E-state index contributed by atoms with van der Waals surface area (Å²) < 4.78 is 13.1. The first-order valence-electron chi connectivity index (χ1n) is 17.6. The van der Waals surface area contributed by atoms with E-state index in [1.807, 2.05) is 12.1 Å². The van der Waals surface area contributed by atoms with E-state index in [0.29, 0.717) is 0 Å². The molecular weight excluding hydrogens is 637 g/mol. The Morgan fingerprint density at radius 3 is 1.20 bits per heavy atom. The van der Waals surface area contributed by atoms with Crippen molar-refractivity contribution >= 4 is 72.7 Å². The van der Waals surface area contributed by atoms with Crippen molar-refractivity contribution in [3.8, 4) is 44.5 Å². The van der Waals surface area contributed by atoms with Crippen molar-refractivity contribution in [1.82, 2.24) is 0 Å². The van der Waals surface area contributed by atoms with Crippen LogP contribution in [-0.4, -0.2) is 8.07 Å². The molecule has 3 heteroatoms. The highest BCUT2D eigenvalue weighted by atomic mass is 28.3. The van der Waals surface area contributed by atoms with Crippen LogP contribution in [0.3, 0.4) is 0 Å². The molecule has 0 bridgehead atoms. The topological polar surface area (TPSA) is 26.3 Å². The minimum absolute atomic E-state index is 0.921. The van der Waals surface area contributed by atoms with E-state index in [1.54, 1.807) is 0 Å². The van der Waals surface area contributed by atoms with Gasteiger partial charge in [0, 0.05) is 32.7 Å². The van der Waals surface area contributed by atoms with Crippen molar-refractivity contribution in [3.63, 3.8) is 0 Å². The lowest BCUT2D eigenvalue weighted by Crippen LogP contribution is -2.70. The first-order chi connectivity index (χ1) is 25.3. The molecule has 236 valence electrons. The van der Waals surface area contributed by atoms with Crippen LogP contribution >= 0.6 is 0 Å². The van der Waals surface area contributed by atoms with Crippen LogP contribution < -0.4 is 20.7 Å². The molecular formula is C48H28O2Si.